The minimum Gasteiger partial charge on any atom is -0.756 e. The minimum atomic E-state index is -3.98. The summed E-state index contributed by atoms with van der Waals surface area (Å²) < 4.78 is 19.6. The molecule has 0 atom stereocenters. The summed E-state index contributed by atoms with van der Waals surface area (Å²) in [5, 5.41) is 0. The summed E-state index contributed by atoms with van der Waals surface area (Å²) >= 11 is 0. The van der Waals surface area contributed by atoms with E-state index in [1.807, 2.05) is 13.8 Å². The Morgan fingerprint density at radius 1 is 1.17 bits per heavy atom. The molecule has 6 heteroatoms. The van der Waals surface area contributed by atoms with Crippen LogP contribution < -0.4 is 4.89 Å². The van der Waals surface area contributed by atoms with E-state index in [2.05, 4.69) is 9.05 Å². The molecule has 0 radical (unpaired) electrons. The number of rotatable bonds is 6. The van der Waals surface area contributed by atoms with Crippen LogP contribution in [0.2, 0.25) is 0 Å². The molecule has 12 heavy (non-hydrogen) atoms. The number of phosphoric ester groups is 1. The van der Waals surface area contributed by atoms with Gasteiger partial charge in [0.2, 0.25) is 0 Å². The SMILES string of the molecule is CCCOP(=O)([O-])OCCC.[Mn+]. The van der Waals surface area contributed by atoms with Gasteiger partial charge in [-0.3, -0.25) is 4.57 Å². The van der Waals surface area contributed by atoms with E-state index in [1.54, 1.807) is 0 Å². The van der Waals surface area contributed by atoms with Crippen LogP contribution in [0.25, 0.3) is 0 Å². The first-order valence-electron chi connectivity index (χ1n) is 3.72. The summed E-state index contributed by atoms with van der Waals surface area (Å²) in [6.45, 7) is 4.06. The summed E-state index contributed by atoms with van der Waals surface area (Å²) in [6.07, 6.45) is 1.34. The third-order valence-electron chi connectivity index (χ3n) is 0.907. The van der Waals surface area contributed by atoms with Gasteiger partial charge in [0.15, 0.2) is 0 Å². The molecule has 0 aliphatic heterocycles. The Bertz CT molecular complexity index is 130. The van der Waals surface area contributed by atoms with Crippen molar-refractivity contribution >= 4 is 7.82 Å². The Hall–Kier alpha value is 0.629. The predicted molar refractivity (Wildman–Crippen MR) is 40.1 cm³/mol. The molecule has 0 aliphatic carbocycles. The second kappa shape index (κ2) is 8.24. The second-order valence-electron chi connectivity index (χ2n) is 2.11. The molecule has 74 valence electrons. The van der Waals surface area contributed by atoms with Gasteiger partial charge in [0.25, 0.3) is 7.82 Å². The molecule has 4 nitrogen and oxygen atoms in total. The molecular weight excluding hydrogens is 222 g/mol. The molecular formula is C6H14MnO4P. The van der Waals surface area contributed by atoms with Gasteiger partial charge in [-0.05, 0) is 12.8 Å². The fraction of sp³-hybridized carbons (Fsp3) is 1.00. The van der Waals surface area contributed by atoms with Crippen LogP contribution in [0, 0.1) is 0 Å². The molecule has 0 N–H and O–H groups in total. The van der Waals surface area contributed by atoms with Gasteiger partial charge in [-0.1, -0.05) is 13.8 Å². The van der Waals surface area contributed by atoms with E-state index in [0.29, 0.717) is 12.8 Å². The van der Waals surface area contributed by atoms with Crippen LogP contribution in [0.5, 0.6) is 0 Å². The van der Waals surface area contributed by atoms with Crippen LogP contribution in [0.3, 0.4) is 0 Å². The molecule has 0 aromatic carbocycles. The molecule has 0 fully saturated rings. The van der Waals surface area contributed by atoms with Crippen LogP contribution in [0.1, 0.15) is 26.7 Å². The van der Waals surface area contributed by atoms with Crippen LogP contribution in [-0.4, -0.2) is 13.2 Å². The van der Waals surface area contributed by atoms with Crippen molar-refractivity contribution in [1.29, 1.82) is 0 Å². The molecule has 0 aromatic rings. The zero-order valence-electron chi connectivity index (χ0n) is 7.29. The summed E-state index contributed by atoms with van der Waals surface area (Å²) in [5.41, 5.74) is 0. The van der Waals surface area contributed by atoms with E-state index in [4.69, 9.17) is 0 Å². The smallest absolute Gasteiger partial charge is 0.756 e. The molecule has 0 saturated heterocycles. The van der Waals surface area contributed by atoms with Crippen molar-refractivity contribution in [3.05, 3.63) is 0 Å². The summed E-state index contributed by atoms with van der Waals surface area (Å²) in [5.74, 6) is 0. The number of hydrogen-bond donors (Lipinski definition) is 0. The van der Waals surface area contributed by atoms with E-state index in [0.717, 1.165) is 0 Å². The Balaban J connectivity index is 0. The maximum absolute atomic E-state index is 10.7. The summed E-state index contributed by atoms with van der Waals surface area (Å²) in [7, 11) is -3.98. The molecule has 0 aliphatic rings. The molecule has 0 heterocycles. The molecule has 0 saturated carbocycles. The molecule has 0 bridgehead atoms. The average Bonchev–Trinajstić information content (AvgIpc) is 1.97. The molecule has 0 amide bonds. The standard InChI is InChI=1S/C6H15O4P.Mn/c1-3-5-9-11(7,8)10-6-4-2;/h3-6H2,1-2H3,(H,7,8);/q;+1/p-1. The van der Waals surface area contributed by atoms with Gasteiger partial charge in [0.1, 0.15) is 0 Å². The van der Waals surface area contributed by atoms with Crippen molar-refractivity contribution in [3.63, 3.8) is 0 Å². The maximum Gasteiger partial charge on any atom is 1.00 e. The Labute approximate surface area is 83.7 Å². The van der Waals surface area contributed by atoms with E-state index < -0.39 is 7.82 Å². The van der Waals surface area contributed by atoms with E-state index in [-0.39, 0.29) is 30.3 Å². The molecule has 0 aromatic heterocycles. The van der Waals surface area contributed by atoms with Crippen molar-refractivity contribution in [3.8, 4) is 0 Å². The van der Waals surface area contributed by atoms with Crippen molar-refractivity contribution in [2.45, 2.75) is 26.7 Å². The van der Waals surface area contributed by atoms with Crippen molar-refractivity contribution < 1.29 is 35.6 Å². The second-order valence-corrected chi connectivity index (χ2v) is 3.52. The van der Waals surface area contributed by atoms with Gasteiger partial charge in [-0.25, -0.2) is 0 Å². The summed E-state index contributed by atoms with van der Waals surface area (Å²) in [4.78, 5) is 10.7. The largest absolute Gasteiger partial charge is 1.00 e. The van der Waals surface area contributed by atoms with Gasteiger partial charge < -0.3 is 13.9 Å². The predicted octanol–water partition coefficient (Wildman–Crippen LogP) is 1.31. The van der Waals surface area contributed by atoms with Gasteiger partial charge in [0, 0.05) is 0 Å². The molecule has 0 unspecified atom stereocenters. The van der Waals surface area contributed by atoms with E-state index >= 15 is 0 Å². The van der Waals surface area contributed by atoms with Crippen LogP contribution in [0.4, 0.5) is 0 Å². The van der Waals surface area contributed by atoms with Crippen LogP contribution >= 0.6 is 7.82 Å². The quantitative estimate of drug-likeness (QED) is 0.515. The summed E-state index contributed by atoms with van der Waals surface area (Å²) in [6, 6.07) is 0. The zero-order chi connectivity index (χ0) is 8.74. The minimum absolute atomic E-state index is 0. The fourth-order valence-corrected chi connectivity index (χ4v) is 1.33. The van der Waals surface area contributed by atoms with Crippen molar-refractivity contribution in [2.75, 3.05) is 13.2 Å². The third kappa shape index (κ3) is 8.72. The zero-order valence-corrected chi connectivity index (χ0v) is 9.36. The average molecular weight is 236 g/mol. The topological polar surface area (TPSA) is 58.6 Å². The maximum atomic E-state index is 10.7. The first kappa shape index (κ1) is 15.1. The monoisotopic (exact) mass is 236 g/mol. The van der Waals surface area contributed by atoms with Gasteiger partial charge in [-0.2, -0.15) is 0 Å². The Morgan fingerprint density at radius 3 is 1.75 bits per heavy atom. The first-order valence-corrected chi connectivity index (χ1v) is 5.18. The first-order chi connectivity index (χ1) is 5.12. The molecule has 0 rings (SSSR count). The van der Waals surface area contributed by atoms with E-state index in [9.17, 15) is 9.46 Å². The Kier molecular flexibility index (Phi) is 10.4. The van der Waals surface area contributed by atoms with Crippen LogP contribution in [-0.2, 0) is 30.7 Å². The van der Waals surface area contributed by atoms with Crippen LogP contribution in [0.15, 0.2) is 0 Å². The number of phosphoric acid groups is 1. The van der Waals surface area contributed by atoms with Gasteiger partial charge in [-0.15, -0.1) is 0 Å². The normalized spacial score (nSPS) is 10.9. The number of hydrogen-bond acceptors (Lipinski definition) is 4. The Morgan fingerprint density at radius 2 is 1.50 bits per heavy atom. The van der Waals surface area contributed by atoms with Gasteiger partial charge >= 0.3 is 17.1 Å². The van der Waals surface area contributed by atoms with Gasteiger partial charge in [0.05, 0.1) is 13.2 Å². The molecule has 0 spiro atoms. The third-order valence-corrected chi connectivity index (χ3v) is 1.90. The van der Waals surface area contributed by atoms with Crippen molar-refractivity contribution in [1.82, 2.24) is 0 Å². The van der Waals surface area contributed by atoms with E-state index in [1.165, 1.54) is 0 Å². The van der Waals surface area contributed by atoms with Crippen molar-refractivity contribution in [2.24, 2.45) is 0 Å². The fourth-order valence-electron chi connectivity index (χ4n) is 0.443.